The Labute approximate surface area is 418 Å². The summed E-state index contributed by atoms with van der Waals surface area (Å²) in [5, 5.41) is 14.0. The zero-order chi connectivity index (χ0) is 49.2. The topological polar surface area (TPSA) is 108 Å². The number of phosphoric ester groups is 1. The van der Waals surface area contributed by atoms with Crippen LogP contribution in [0.25, 0.3) is 0 Å². The molecular formula is C58H117N2O6P. The van der Waals surface area contributed by atoms with Gasteiger partial charge in [0.2, 0.25) is 5.91 Å². The summed E-state index contributed by atoms with van der Waals surface area (Å²) in [6.45, 7) is 4.77. The third-order valence-electron chi connectivity index (χ3n) is 13.8. The van der Waals surface area contributed by atoms with Crippen LogP contribution in [0.4, 0.5) is 0 Å². The maximum absolute atomic E-state index is 13.0. The van der Waals surface area contributed by atoms with Crippen LogP contribution in [0.2, 0.25) is 0 Å². The van der Waals surface area contributed by atoms with E-state index >= 15 is 0 Å². The molecule has 0 spiro atoms. The van der Waals surface area contributed by atoms with E-state index in [0.29, 0.717) is 23.9 Å². The number of hydrogen-bond donors (Lipinski definition) is 2. The van der Waals surface area contributed by atoms with Crippen molar-refractivity contribution in [2.75, 3.05) is 40.9 Å². The molecule has 0 aliphatic heterocycles. The second kappa shape index (κ2) is 50.2. The molecule has 400 valence electrons. The van der Waals surface area contributed by atoms with E-state index in [9.17, 15) is 19.4 Å². The van der Waals surface area contributed by atoms with Gasteiger partial charge < -0.3 is 28.8 Å². The molecule has 3 unspecified atom stereocenters. The van der Waals surface area contributed by atoms with Crippen LogP contribution >= 0.6 is 7.82 Å². The molecule has 0 radical (unpaired) electrons. The third-order valence-corrected chi connectivity index (χ3v) is 14.7. The Morgan fingerprint density at radius 2 is 0.821 bits per heavy atom. The summed E-state index contributed by atoms with van der Waals surface area (Å²) in [7, 11) is 1.32. The lowest BCUT2D eigenvalue weighted by molar-refractivity contribution is -0.870. The number of amides is 1. The maximum Gasteiger partial charge on any atom is 0.268 e. The van der Waals surface area contributed by atoms with Gasteiger partial charge in [-0.05, 0) is 38.5 Å². The lowest BCUT2D eigenvalue weighted by atomic mass is 10.0. The third kappa shape index (κ3) is 52.9. The number of likely N-dealkylation sites (N-methyl/N-ethyl adjacent to an activating group) is 1. The number of aliphatic hydroxyl groups excluding tert-OH is 1. The molecular weight excluding hydrogens is 852 g/mol. The molecule has 8 nitrogen and oxygen atoms in total. The summed E-state index contributed by atoms with van der Waals surface area (Å²) in [6, 6.07) is -0.801. The van der Waals surface area contributed by atoms with Crippen LogP contribution in [0, 0.1) is 0 Å². The van der Waals surface area contributed by atoms with Gasteiger partial charge >= 0.3 is 0 Å². The molecule has 0 bridgehead atoms. The van der Waals surface area contributed by atoms with Crippen molar-refractivity contribution in [1.29, 1.82) is 0 Å². The molecule has 0 saturated carbocycles. The monoisotopic (exact) mass is 969 g/mol. The van der Waals surface area contributed by atoms with Crippen LogP contribution in [0.15, 0.2) is 12.2 Å². The van der Waals surface area contributed by atoms with Gasteiger partial charge in [0.25, 0.3) is 7.82 Å². The average Bonchev–Trinajstić information content (AvgIpc) is 3.29. The minimum Gasteiger partial charge on any atom is -0.756 e. The molecule has 2 N–H and O–H groups in total. The van der Waals surface area contributed by atoms with Crippen LogP contribution in [-0.2, 0) is 18.4 Å². The number of aliphatic hydroxyl groups is 1. The van der Waals surface area contributed by atoms with Gasteiger partial charge in [-0.1, -0.05) is 270 Å². The molecule has 0 aromatic rings. The highest BCUT2D eigenvalue weighted by Crippen LogP contribution is 2.38. The van der Waals surface area contributed by atoms with Crippen molar-refractivity contribution in [1.82, 2.24) is 5.32 Å². The first-order chi connectivity index (χ1) is 32.5. The van der Waals surface area contributed by atoms with Crippen LogP contribution < -0.4 is 10.2 Å². The number of carbonyl (C=O) groups excluding carboxylic acids is 1. The van der Waals surface area contributed by atoms with Gasteiger partial charge in [0, 0.05) is 6.42 Å². The molecule has 0 heterocycles. The summed E-state index contributed by atoms with van der Waals surface area (Å²) < 4.78 is 23.4. The molecule has 0 aliphatic carbocycles. The Morgan fingerprint density at radius 1 is 0.507 bits per heavy atom. The lowest BCUT2D eigenvalue weighted by Crippen LogP contribution is -2.46. The van der Waals surface area contributed by atoms with Crippen molar-refractivity contribution in [3.8, 4) is 0 Å². The molecule has 0 aromatic carbocycles. The Kier molecular flexibility index (Phi) is 49.6. The van der Waals surface area contributed by atoms with Crippen molar-refractivity contribution in [2.24, 2.45) is 0 Å². The maximum atomic E-state index is 13.0. The van der Waals surface area contributed by atoms with E-state index in [4.69, 9.17) is 9.05 Å². The van der Waals surface area contributed by atoms with E-state index in [0.717, 1.165) is 38.5 Å². The van der Waals surface area contributed by atoms with Crippen LogP contribution in [0.1, 0.15) is 303 Å². The van der Waals surface area contributed by atoms with E-state index in [2.05, 4.69) is 31.3 Å². The largest absolute Gasteiger partial charge is 0.756 e. The Bertz CT molecular complexity index is 1100. The molecule has 9 heteroatoms. The highest BCUT2D eigenvalue weighted by atomic mass is 31.2. The molecule has 67 heavy (non-hydrogen) atoms. The second-order valence-electron chi connectivity index (χ2n) is 21.7. The van der Waals surface area contributed by atoms with Crippen molar-refractivity contribution in [3.05, 3.63) is 12.2 Å². The van der Waals surface area contributed by atoms with E-state index in [1.807, 2.05) is 21.1 Å². The predicted octanol–water partition coefficient (Wildman–Crippen LogP) is 17.2. The number of allylic oxidation sites excluding steroid dienone is 2. The number of rotatable bonds is 55. The average molecular weight is 970 g/mol. The highest BCUT2D eigenvalue weighted by molar-refractivity contribution is 7.45. The van der Waals surface area contributed by atoms with E-state index in [1.54, 1.807) is 0 Å². The molecule has 0 fully saturated rings. The second-order valence-corrected chi connectivity index (χ2v) is 23.1. The number of unbranched alkanes of at least 4 members (excludes halogenated alkanes) is 40. The zero-order valence-electron chi connectivity index (χ0n) is 45.6. The standard InChI is InChI=1S/C58H117N2O6P/c1-6-8-10-12-14-16-18-20-22-24-26-28-30-32-34-36-38-40-42-44-46-48-50-52-58(62)59-56(55-66-67(63,64)65-54-53-60(3,4)5)57(61)51-49-47-45-43-41-39-37-35-33-31-29-27-25-23-21-19-17-15-13-11-9-7-2/h32,34,56-57,61H,6-31,33,35-55H2,1-5H3,(H-,59,62,63,64)/b34-32-. The Morgan fingerprint density at radius 3 is 1.16 bits per heavy atom. The number of carbonyl (C=O) groups is 1. The summed E-state index contributed by atoms with van der Waals surface area (Å²) >= 11 is 0. The van der Waals surface area contributed by atoms with Gasteiger partial charge in [-0.15, -0.1) is 0 Å². The fraction of sp³-hybridized carbons (Fsp3) is 0.948. The Hall–Kier alpha value is -0.760. The first kappa shape index (κ1) is 66.2. The number of phosphoric acid groups is 1. The minimum atomic E-state index is -4.57. The van der Waals surface area contributed by atoms with Crippen LogP contribution in [0.3, 0.4) is 0 Å². The van der Waals surface area contributed by atoms with E-state index in [-0.39, 0.29) is 19.1 Å². The van der Waals surface area contributed by atoms with Gasteiger partial charge in [0.1, 0.15) is 13.2 Å². The zero-order valence-corrected chi connectivity index (χ0v) is 46.5. The van der Waals surface area contributed by atoms with E-state index in [1.165, 1.54) is 238 Å². The number of quaternary nitrogens is 1. The van der Waals surface area contributed by atoms with Crippen molar-refractivity contribution < 1.29 is 32.9 Å². The molecule has 0 aliphatic rings. The quantitative estimate of drug-likeness (QED) is 0.0272. The summed E-state index contributed by atoms with van der Waals surface area (Å²) in [5.74, 6) is -0.163. The Balaban J connectivity index is 4.15. The normalized spacial score (nSPS) is 14.0. The smallest absolute Gasteiger partial charge is 0.268 e. The number of nitrogens with one attached hydrogen (secondary N) is 1. The fourth-order valence-electron chi connectivity index (χ4n) is 9.10. The summed E-state index contributed by atoms with van der Waals surface area (Å²) in [4.78, 5) is 25.5. The van der Waals surface area contributed by atoms with Gasteiger partial charge in [0.05, 0.1) is 39.9 Å². The van der Waals surface area contributed by atoms with Gasteiger partial charge in [0.15, 0.2) is 0 Å². The lowest BCUT2D eigenvalue weighted by Gasteiger charge is -2.30. The first-order valence-electron chi connectivity index (χ1n) is 29.5. The molecule has 1 amide bonds. The highest BCUT2D eigenvalue weighted by Gasteiger charge is 2.24. The number of hydrogen-bond acceptors (Lipinski definition) is 6. The van der Waals surface area contributed by atoms with Crippen molar-refractivity contribution >= 4 is 13.7 Å². The molecule has 3 atom stereocenters. The van der Waals surface area contributed by atoms with Gasteiger partial charge in [-0.2, -0.15) is 0 Å². The first-order valence-corrected chi connectivity index (χ1v) is 31.0. The predicted molar refractivity (Wildman–Crippen MR) is 289 cm³/mol. The molecule has 0 rings (SSSR count). The van der Waals surface area contributed by atoms with Gasteiger partial charge in [-0.25, -0.2) is 0 Å². The van der Waals surface area contributed by atoms with Crippen LogP contribution in [-0.4, -0.2) is 68.5 Å². The number of nitrogens with zero attached hydrogens (tertiary/aromatic N) is 1. The molecule has 0 saturated heterocycles. The van der Waals surface area contributed by atoms with Crippen LogP contribution in [0.5, 0.6) is 0 Å². The van der Waals surface area contributed by atoms with Crippen molar-refractivity contribution in [3.63, 3.8) is 0 Å². The molecule has 0 aromatic heterocycles. The fourth-order valence-corrected chi connectivity index (χ4v) is 9.82. The van der Waals surface area contributed by atoms with Gasteiger partial charge in [-0.3, -0.25) is 9.36 Å². The van der Waals surface area contributed by atoms with E-state index < -0.39 is 20.0 Å². The SMILES string of the molecule is CCCCCCCCCCCCCC/C=C\CCCCCCCCCC(=O)NC(COP(=O)([O-])OCC[N+](C)(C)C)C(O)CCCCCCCCCCCCCCCCCCCCCCCC. The minimum absolute atomic E-state index is 0.0138. The summed E-state index contributed by atoms with van der Waals surface area (Å²) in [5.41, 5.74) is 0. The van der Waals surface area contributed by atoms with Crippen molar-refractivity contribution in [2.45, 2.75) is 315 Å². The summed E-state index contributed by atoms with van der Waals surface area (Å²) in [6.07, 6.45) is 61.0.